The van der Waals surface area contributed by atoms with Gasteiger partial charge in [0.1, 0.15) is 12.1 Å². The first-order chi connectivity index (χ1) is 11.6. The molecule has 1 N–H and O–H groups in total. The Kier molecular flexibility index (Phi) is 5.64. The van der Waals surface area contributed by atoms with Gasteiger partial charge in [0.25, 0.3) is 0 Å². The Morgan fingerprint density at radius 1 is 1.33 bits per heavy atom. The first-order valence-electron chi connectivity index (χ1n) is 7.70. The number of thioether (sulfide) groups is 1. The van der Waals surface area contributed by atoms with Crippen molar-refractivity contribution in [2.24, 2.45) is 0 Å². The Hall–Kier alpha value is -1.30. The zero-order chi connectivity index (χ0) is 17.1. The standard InChI is InChI=1S/C17H17Cl2N3OS/c1-24-17-20-8-11(16(22-17)21-10-4-2-5-10)12(9-23)15-13(18)6-3-7-14(15)19/h3,6-10,12H,2,4-5H2,1H3,(H,20,21,22). The van der Waals surface area contributed by atoms with E-state index < -0.39 is 5.92 Å². The molecule has 1 aromatic carbocycles. The first-order valence-corrected chi connectivity index (χ1v) is 9.68. The normalized spacial score (nSPS) is 15.6. The molecule has 3 rings (SSSR count). The van der Waals surface area contributed by atoms with Crippen LogP contribution in [0.4, 0.5) is 5.82 Å². The number of aldehydes is 1. The van der Waals surface area contributed by atoms with E-state index in [0.29, 0.717) is 38.2 Å². The molecular formula is C17H17Cl2N3OS. The minimum Gasteiger partial charge on any atom is -0.367 e. The van der Waals surface area contributed by atoms with Crippen molar-refractivity contribution < 1.29 is 4.79 Å². The van der Waals surface area contributed by atoms with Crippen LogP contribution in [0.25, 0.3) is 0 Å². The van der Waals surface area contributed by atoms with Crippen molar-refractivity contribution >= 4 is 47.1 Å². The van der Waals surface area contributed by atoms with Gasteiger partial charge in [-0.3, -0.25) is 0 Å². The number of carbonyl (C=O) groups excluding carboxylic acids is 1. The third-order valence-electron chi connectivity index (χ3n) is 4.21. The van der Waals surface area contributed by atoms with E-state index in [1.807, 2.05) is 6.26 Å². The van der Waals surface area contributed by atoms with Crippen molar-refractivity contribution in [2.75, 3.05) is 11.6 Å². The number of nitrogens with zero attached hydrogens (tertiary/aromatic N) is 2. The van der Waals surface area contributed by atoms with Gasteiger partial charge in [-0.25, -0.2) is 9.97 Å². The molecule has 4 nitrogen and oxygen atoms in total. The number of hydrogen-bond acceptors (Lipinski definition) is 5. The van der Waals surface area contributed by atoms with E-state index in [2.05, 4.69) is 15.3 Å². The first kappa shape index (κ1) is 17.5. The van der Waals surface area contributed by atoms with Crippen LogP contribution < -0.4 is 5.32 Å². The highest BCUT2D eigenvalue weighted by molar-refractivity contribution is 7.98. The second-order valence-electron chi connectivity index (χ2n) is 5.68. The van der Waals surface area contributed by atoms with Crippen LogP contribution in [0.15, 0.2) is 29.6 Å². The largest absolute Gasteiger partial charge is 0.367 e. The van der Waals surface area contributed by atoms with Gasteiger partial charge < -0.3 is 10.1 Å². The third-order valence-corrected chi connectivity index (χ3v) is 5.43. The fourth-order valence-corrected chi connectivity index (χ4v) is 3.64. The van der Waals surface area contributed by atoms with Gasteiger partial charge in [-0.1, -0.05) is 41.0 Å². The summed E-state index contributed by atoms with van der Waals surface area (Å²) in [6.45, 7) is 0. The summed E-state index contributed by atoms with van der Waals surface area (Å²) < 4.78 is 0. The Balaban J connectivity index is 2.06. The van der Waals surface area contributed by atoms with Gasteiger partial charge in [0, 0.05) is 33.4 Å². The lowest BCUT2D eigenvalue weighted by atomic mass is 9.91. The lowest BCUT2D eigenvalue weighted by Crippen LogP contribution is -2.28. The third kappa shape index (κ3) is 3.53. The monoisotopic (exact) mass is 381 g/mol. The van der Waals surface area contributed by atoms with Crippen LogP contribution in [0.5, 0.6) is 0 Å². The Morgan fingerprint density at radius 2 is 2.04 bits per heavy atom. The number of nitrogens with one attached hydrogen (secondary N) is 1. The van der Waals surface area contributed by atoms with E-state index in [-0.39, 0.29) is 0 Å². The summed E-state index contributed by atoms with van der Waals surface area (Å²) in [7, 11) is 0. The fraction of sp³-hybridized carbons (Fsp3) is 0.353. The van der Waals surface area contributed by atoms with E-state index in [4.69, 9.17) is 23.2 Å². The van der Waals surface area contributed by atoms with Crippen molar-refractivity contribution in [3.05, 3.63) is 45.6 Å². The number of carbonyl (C=O) groups is 1. The number of anilines is 1. The van der Waals surface area contributed by atoms with Crippen LogP contribution in [0, 0.1) is 0 Å². The molecule has 1 heterocycles. The van der Waals surface area contributed by atoms with Gasteiger partial charge in [0.2, 0.25) is 0 Å². The molecule has 126 valence electrons. The number of benzene rings is 1. The Labute approximate surface area is 155 Å². The molecule has 7 heteroatoms. The van der Waals surface area contributed by atoms with Crippen LogP contribution in [-0.2, 0) is 4.79 Å². The van der Waals surface area contributed by atoms with Gasteiger partial charge in [-0.05, 0) is 37.7 Å². The van der Waals surface area contributed by atoms with Crippen LogP contribution >= 0.6 is 35.0 Å². The van der Waals surface area contributed by atoms with Crippen LogP contribution in [0.3, 0.4) is 0 Å². The molecule has 0 saturated heterocycles. The molecule has 1 aliphatic carbocycles. The van der Waals surface area contributed by atoms with E-state index in [1.54, 1.807) is 24.4 Å². The maximum Gasteiger partial charge on any atom is 0.189 e. The molecular weight excluding hydrogens is 365 g/mol. The van der Waals surface area contributed by atoms with Gasteiger partial charge in [-0.2, -0.15) is 0 Å². The molecule has 0 radical (unpaired) electrons. The zero-order valence-electron chi connectivity index (χ0n) is 13.1. The van der Waals surface area contributed by atoms with Crippen LogP contribution in [-0.4, -0.2) is 28.6 Å². The number of aromatic nitrogens is 2. The summed E-state index contributed by atoms with van der Waals surface area (Å²) in [6.07, 6.45) is 7.88. The van der Waals surface area contributed by atoms with Crippen molar-refractivity contribution in [3.63, 3.8) is 0 Å². The molecule has 1 unspecified atom stereocenters. The second kappa shape index (κ2) is 7.72. The highest BCUT2D eigenvalue weighted by atomic mass is 35.5. The van der Waals surface area contributed by atoms with Gasteiger partial charge in [0.05, 0.1) is 5.92 Å². The van der Waals surface area contributed by atoms with Crippen molar-refractivity contribution in [1.29, 1.82) is 0 Å². The summed E-state index contributed by atoms with van der Waals surface area (Å²) in [6, 6.07) is 5.62. The highest BCUT2D eigenvalue weighted by Crippen LogP contribution is 2.37. The minimum absolute atomic E-state index is 0.391. The molecule has 2 aromatic rings. The summed E-state index contributed by atoms with van der Waals surface area (Å²) in [5.41, 5.74) is 1.29. The lowest BCUT2D eigenvalue weighted by molar-refractivity contribution is -0.108. The number of halogens is 2. The van der Waals surface area contributed by atoms with E-state index in [1.165, 1.54) is 18.2 Å². The highest BCUT2D eigenvalue weighted by Gasteiger charge is 2.26. The zero-order valence-corrected chi connectivity index (χ0v) is 15.5. The average Bonchev–Trinajstić information content (AvgIpc) is 2.54. The summed E-state index contributed by atoms with van der Waals surface area (Å²) in [4.78, 5) is 20.8. The fourth-order valence-electron chi connectivity index (χ4n) is 2.67. The molecule has 0 spiro atoms. The van der Waals surface area contributed by atoms with E-state index in [9.17, 15) is 4.79 Å². The molecule has 0 bridgehead atoms. The van der Waals surface area contributed by atoms with E-state index in [0.717, 1.165) is 19.1 Å². The van der Waals surface area contributed by atoms with Gasteiger partial charge in [-0.15, -0.1) is 0 Å². The maximum absolute atomic E-state index is 11.9. The van der Waals surface area contributed by atoms with E-state index >= 15 is 0 Å². The number of hydrogen-bond donors (Lipinski definition) is 1. The van der Waals surface area contributed by atoms with Crippen LogP contribution in [0.1, 0.15) is 36.3 Å². The van der Waals surface area contributed by atoms with Gasteiger partial charge in [0.15, 0.2) is 5.16 Å². The molecule has 1 atom stereocenters. The predicted molar refractivity (Wildman–Crippen MR) is 99.4 cm³/mol. The molecule has 0 amide bonds. The smallest absolute Gasteiger partial charge is 0.189 e. The summed E-state index contributed by atoms with van der Waals surface area (Å²) >= 11 is 14.1. The Morgan fingerprint density at radius 3 is 2.58 bits per heavy atom. The molecule has 1 aromatic heterocycles. The summed E-state index contributed by atoms with van der Waals surface area (Å²) in [5.74, 6) is 0.0804. The van der Waals surface area contributed by atoms with Crippen molar-refractivity contribution in [1.82, 2.24) is 9.97 Å². The van der Waals surface area contributed by atoms with Crippen molar-refractivity contribution in [2.45, 2.75) is 36.4 Å². The summed E-state index contributed by atoms with van der Waals surface area (Å²) in [5, 5.41) is 5.02. The second-order valence-corrected chi connectivity index (χ2v) is 7.27. The minimum atomic E-state index is -0.607. The number of rotatable bonds is 6. The maximum atomic E-state index is 11.9. The average molecular weight is 382 g/mol. The molecule has 0 aliphatic heterocycles. The van der Waals surface area contributed by atoms with Crippen LogP contribution in [0.2, 0.25) is 10.0 Å². The lowest BCUT2D eigenvalue weighted by Gasteiger charge is -2.28. The van der Waals surface area contributed by atoms with Crippen molar-refractivity contribution in [3.8, 4) is 0 Å². The SMILES string of the molecule is CSc1ncc(C(C=O)c2c(Cl)cccc2Cl)c(NC2CCC2)n1. The quantitative estimate of drug-likeness (QED) is 0.442. The molecule has 1 fully saturated rings. The predicted octanol–water partition coefficient (Wildman–Crippen LogP) is 4.80. The molecule has 24 heavy (non-hydrogen) atoms. The molecule has 1 aliphatic rings. The van der Waals surface area contributed by atoms with Gasteiger partial charge >= 0.3 is 0 Å². The Bertz CT molecular complexity index is 732. The topological polar surface area (TPSA) is 54.9 Å². The molecule has 1 saturated carbocycles.